The van der Waals surface area contributed by atoms with Crippen LogP contribution in [-0.2, 0) is 16.2 Å². The van der Waals surface area contributed by atoms with Crippen LogP contribution in [0.15, 0.2) is 54.1 Å². The molecule has 7 heteroatoms. The van der Waals surface area contributed by atoms with Crippen LogP contribution in [0.25, 0.3) is 6.08 Å². The highest BCUT2D eigenvalue weighted by atomic mass is 35.5. The maximum Gasteiger partial charge on any atom is 0.331 e. The van der Waals surface area contributed by atoms with E-state index in [0.29, 0.717) is 22.9 Å². The quantitative estimate of drug-likeness (QED) is 0.541. The Hall–Kier alpha value is -3.12. The minimum atomic E-state index is -0.666. The molecule has 1 saturated carbocycles. The van der Waals surface area contributed by atoms with Gasteiger partial charge in [0.05, 0.1) is 0 Å². The van der Waals surface area contributed by atoms with Gasteiger partial charge in [0.2, 0.25) is 0 Å². The molecule has 4 amide bonds. The number of halogens is 1. The molecule has 0 unspecified atom stereocenters. The van der Waals surface area contributed by atoms with Gasteiger partial charge in [-0.3, -0.25) is 19.8 Å². The Balaban J connectivity index is 1.47. The number of urea groups is 1. The van der Waals surface area contributed by atoms with Gasteiger partial charge in [-0.15, -0.1) is 0 Å². The third-order valence-electron chi connectivity index (χ3n) is 5.62. The number of nitrogens with one attached hydrogen (secondary N) is 1. The molecule has 31 heavy (non-hydrogen) atoms. The summed E-state index contributed by atoms with van der Waals surface area (Å²) < 4.78 is 5.77. The van der Waals surface area contributed by atoms with Crippen LogP contribution in [0, 0.1) is 0 Å². The van der Waals surface area contributed by atoms with Crippen molar-refractivity contribution in [2.24, 2.45) is 0 Å². The van der Waals surface area contributed by atoms with Gasteiger partial charge in [0.1, 0.15) is 17.9 Å². The first-order valence-corrected chi connectivity index (χ1v) is 10.8. The molecule has 1 N–H and O–H groups in total. The molecule has 0 radical (unpaired) electrons. The minimum Gasteiger partial charge on any atom is -0.489 e. The average molecular weight is 439 g/mol. The molecule has 0 atom stereocenters. The molecule has 1 heterocycles. The topological polar surface area (TPSA) is 75.7 Å². The van der Waals surface area contributed by atoms with E-state index in [4.69, 9.17) is 16.3 Å². The zero-order valence-corrected chi connectivity index (χ0v) is 17.7. The smallest absolute Gasteiger partial charge is 0.331 e. The fraction of sp³-hybridized carbons (Fsp3) is 0.292. The van der Waals surface area contributed by atoms with Gasteiger partial charge >= 0.3 is 6.03 Å². The van der Waals surface area contributed by atoms with Crippen molar-refractivity contribution in [1.82, 2.24) is 10.2 Å². The van der Waals surface area contributed by atoms with Gasteiger partial charge in [-0.25, -0.2) is 4.79 Å². The lowest BCUT2D eigenvalue weighted by Gasteiger charge is -2.35. The molecule has 1 saturated heterocycles. The minimum absolute atomic E-state index is 0.0325. The van der Waals surface area contributed by atoms with E-state index in [1.807, 2.05) is 24.3 Å². The lowest BCUT2D eigenvalue weighted by Crippen LogP contribution is -2.58. The van der Waals surface area contributed by atoms with Crippen LogP contribution in [0.1, 0.15) is 43.2 Å². The van der Waals surface area contributed by atoms with Crippen LogP contribution in [0.5, 0.6) is 5.75 Å². The SMILES string of the molecule is O=C1NC(=O)N(C2CCCCC2)C(=O)C1=Cc1ccc(OCc2ccccc2Cl)cc1. The van der Waals surface area contributed by atoms with E-state index in [1.54, 1.807) is 24.3 Å². The zero-order valence-electron chi connectivity index (χ0n) is 17.0. The predicted molar refractivity (Wildman–Crippen MR) is 117 cm³/mol. The van der Waals surface area contributed by atoms with Gasteiger partial charge in [0, 0.05) is 16.6 Å². The second kappa shape index (κ2) is 9.35. The third kappa shape index (κ3) is 4.80. The number of barbiturate groups is 1. The second-order valence-electron chi connectivity index (χ2n) is 7.73. The first-order valence-electron chi connectivity index (χ1n) is 10.4. The highest BCUT2D eigenvalue weighted by Gasteiger charge is 2.40. The summed E-state index contributed by atoms with van der Waals surface area (Å²) in [6.07, 6.45) is 6.12. The molecule has 0 aromatic heterocycles. The summed E-state index contributed by atoms with van der Waals surface area (Å²) in [6.45, 7) is 0.333. The fourth-order valence-corrected chi connectivity index (χ4v) is 4.14. The lowest BCUT2D eigenvalue weighted by atomic mass is 9.93. The first-order chi connectivity index (χ1) is 15.0. The van der Waals surface area contributed by atoms with Crippen LogP contribution in [0.2, 0.25) is 5.02 Å². The highest BCUT2D eigenvalue weighted by molar-refractivity contribution is 6.31. The maximum atomic E-state index is 12.9. The average Bonchev–Trinajstić information content (AvgIpc) is 2.77. The van der Waals surface area contributed by atoms with Crippen molar-refractivity contribution < 1.29 is 19.1 Å². The fourth-order valence-electron chi connectivity index (χ4n) is 3.95. The highest BCUT2D eigenvalue weighted by Crippen LogP contribution is 2.27. The number of carbonyl (C=O) groups is 3. The Labute approximate surface area is 185 Å². The Kier molecular flexibility index (Phi) is 6.37. The third-order valence-corrected chi connectivity index (χ3v) is 5.98. The van der Waals surface area contributed by atoms with Crippen LogP contribution >= 0.6 is 11.6 Å². The van der Waals surface area contributed by atoms with Crippen molar-refractivity contribution in [2.75, 3.05) is 0 Å². The Bertz CT molecular complexity index is 1030. The van der Waals surface area contributed by atoms with Crippen molar-refractivity contribution in [1.29, 1.82) is 0 Å². The Morgan fingerprint density at radius 3 is 2.42 bits per heavy atom. The number of imide groups is 2. The van der Waals surface area contributed by atoms with Gasteiger partial charge in [-0.2, -0.15) is 0 Å². The largest absolute Gasteiger partial charge is 0.489 e. The van der Waals surface area contributed by atoms with E-state index in [9.17, 15) is 14.4 Å². The van der Waals surface area contributed by atoms with Crippen molar-refractivity contribution in [3.63, 3.8) is 0 Å². The molecule has 4 rings (SSSR count). The van der Waals surface area contributed by atoms with Crippen molar-refractivity contribution in [2.45, 2.75) is 44.8 Å². The van der Waals surface area contributed by atoms with Crippen LogP contribution < -0.4 is 10.1 Å². The van der Waals surface area contributed by atoms with Gasteiger partial charge in [0.25, 0.3) is 11.8 Å². The summed E-state index contributed by atoms with van der Waals surface area (Å²) in [4.78, 5) is 38.8. The molecular weight excluding hydrogens is 416 g/mol. The number of rotatable bonds is 5. The summed E-state index contributed by atoms with van der Waals surface area (Å²) in [7, 11) is 0. The first kappa shape index (κ1) is 21.1. The standard InChI is InChI=1S/C24H23ClN2O4/c25-21-9-5-4-6-17(21)15-31-19-12-10-16(11-13-19)14-20-22(28)26-24(30)27(23(20)29)18-7-2-1-3-8-18/h4-6,9-14,18H,1-3,7-8,15H2,(H,26,28,30). The molecule has 2 aromatic rings. The molecule has 0 bridgehead atoms. The molecule has 1 aliphatic carbocycles. The molecule has 0 spiro atoms. The Morgan fingerprint density at radius 2 is 1.71 bits per heavy atom. The molecule has 2 aliphatic rings. The van der Waals surface area contributed by atoms with Crippen LogP contribution in [-0.4, -0.2) is 28.8 Å². The van der Waals surface area contributed by atoms with Gasteiger partial charge < -0.3 is 4.74 Å². The van der Waals surface area contributed by atoms with Crippen LogP contribution in [0.4, 0.5) is 4.79 Å². The molecule has 160 valence electrons. The van der Waals surface area contributed by atoms with E-state index in [0.717, 1.165) is 37.7 Å². The number of nitrogens with zero attached hydrogens (tertiary/aromatic N) is 1. The van der Waals surface area contributed by atoms with Crippen molar-refractivity contribution in [3.05, 3.63) is 70.3 Å². The summed E-state index contributed by atoms with van der Waals surface area (Å²) in [6, 6.07) is 13.7. The summed E-state index contributed by atoms with van der Waals surface area (Å²) in [5.74, 6) is -0.554. The number of carbonyl (C=O) groups excluding carboxylic acids is 3. The van der Waals surface area contributed by atoms with Gasteiger partial charge in [0.15, 0.2) is 0 Å². The van der Waals surface area contributed by atoms with E-state index in [2.05, 4.69) is 5.32 Å². The van der Waals surface area contributed by atoms with Crippen molar-refractivity contribution >= 4 is 35.5 Å². The predicted octanol–water partition coefficient (Wildman–Crippen LogP) is 4.71. The van der Waals surface area contributed by atoms with E-state index < -0.39 is 17.8 Å². The van der Waals surface area contributed by atoms with E-state index in [1.165, 1.54) is 11.0 Å². The number of hydrogen-bond donors (Lipinski definition) is 1. The molecule has 6 nitrogen and oxygen atoms in total. The van der Waals surface area contributed by atoms with Crippen LogP contribution in [0.3, 0.4) is 0 Å². The number of hydrogen-bond acceptors (Lipinski definition) is 4. The summed E-state index contributed by atoms with van der Waals surface area (Å²) >= 11 is 6.14. The molecular formula is C24H23ClN2O4. The van der Waals surface area contributed by atoms with E-state index in [-0.39, 0.29) is 11.6 Å². The Morgan fingerprint density at radius 1 is 1.00 bits per heavy atom. The molecule has 2 fully saturated rings. The van der Waals surface area contributed by atoms with Crippen molar-refractivity contribution in [3.8, 4) is 5.75 Å². The summed E-state index contributed by atoms with van der Waals surface area (Å²) in [5.41, 5.74) is 1.52. The van der Waals surface area contributed by atoms with Gasteiger partial charge in [-0.05, 0) is 42.7 Å². The van der Waals surface area contributed by atoms with E-state index >= 15 is 0 Å². The number of benzene rings is 2. The zero-order chi connectivity index (χ0) is 21.8. The number of amides is 4. The second-order valence-corrected chi connectivity index (χ2v) is 8.14. The lowest BCUT2D eigenvalue weighted by molar-refractivity contribution is -0.132. The monoisotopic (exact) mass is 438 g/mol. The molecule has 2 aromatic carbocycles. The maximum absolute atomic E-state index is 12.9. The number of ether oxygens (including phenoxy) is 1. The molecule has 1 aliphatic heterocycles. The summed E-state index contributed by atoms with van der Waals surface area (Å²) in [5, 5.41) is 2.95. The van der Waals surface area contributed by atoms with Gasteiger partial charge in [-0.1, -0.05) is 61.2 Å². The normalized spacial score (nSPS) is 18.9.